The van der Waals surface area contributed by atoms with Gasteiger partial charge in [-0.1, -0.05) is 19.0 Å². The van der Waals surface area contributed by atoms with Gasteiger partial charge in [0.05, 0.1) is 0 Å². The number of hydrogen-bond donors (Lipinski definition) is 1. The van der Waals surface area contributed by atoms with Crippen LogP contribution in [0.1, 0.15) is 26.2 Å². The fraction of sp³-hybridized carbons (Fsp3) is 0.467. The van der Waals surface area contributed by atoms with Crippen LogP contribution in [0.2, 0.25) is 0 Å². The summed E-state index contributed by atoms with van der Waals surface area (Å²) in [4.78, 5) is 4.19. The Labute approximate surface area is 122 Å². The molecule has 1 atom stereocenters. The van der Waals surface area contributed by atoms with E-state index in [1.165, 1.54) is 12.1 Å². The molecule has 0 aliphatic rings. The lowest BCUT2D eigenvalue weighted by atomic mass is 9.94. The van der Waals surface area contributed by atoms with Gasteiger partial charge in [0.15, 0.2) is 0 Å². The van der Waals surface area contributed by atoms with Crippen LogP contribution in [0.5, 0.6) is 0 Å². The molecule has 114 valence electrons. The van der Waals surface area contributed by atoms with Gasteiger partial charge in [0, 0.05) is 18.1 Å². The molecule has 0 radical (unpaired) electrons. The van der Waals surface area contributed by atoms with Crippen LogP contribution < -0.4 is 5.73 Å². The van der Waals surface area contributed by atoms with E-state index in [2.05, 4.69) is 24.0 Å². The first-order chi connectivity index (χ1) is 9.97. The number of nitrogens with two attached hydrogens (primary N) is 1. The number of rotatable bonds is 6. The summed E-state index contributed by atoms with van der Waals surface area (Å²) in [6, 6.07) is 3.15. The van der Waals surface area contributed by atoms with Crippen LogP contribution >= 0.6 is 0 Å². The second kappa shape index (κ2) is 6.76. The summed E-state index contributed by atoms with van der Waals surface area (Å²) in [7, 11) is 0. The van der Waals surface area contributed by atoms with Crippen molar-refractivity contribution in [1.29, 1.82) is 0 Å². The number of benzene rings is 1. The lowest BCUT2D eigenvalue weighted by molar-refractivity contribution is 0.332. The SMILES string of the molecule is CC(C)C[C@H](CN)Cc1nc(-c2cc(F)cc(F)c2)no1. The number of hydrogen-bond acceptors (Lipinski definition) is 4. The highest BCUT2D eigenvalue weighted by molar-refractivity contribution is 5.54. The summed E-state index contributed by atoms with van der Waals surface area (Å²) in [5, 5.41) is 3.77. The van der Waals surface area contributed by atoms with Crippen molar-refractivity contribution in [2.45, 2.75) is 26.7 Å². The Kier molecular flexibility index (Phi) is 5.01. The minimum absolute atomic E-state index is 0.184. The van der Waals surface area contributed by atoms with Gasteiger partial charge in [-0.3, -0.25) is 0 Å². The molecule has 1 heterocycles. The summed E-state index contributed by atoms with van der Waals surface area (Å²) in [5.41, 5.74) is 6.00. The van der Waals surface area contributed by atoms with Crippen LogP contribution in [0.3, 0.4) is 0 Å². The average Bonchev–Trinajstić information content (AvgIpc) is 2.84. The van der Waals surface area contributed by atoms with Crippen LogP contribution in [0, 0.1) is 23.5 Å². The van der Waals surface area contributed by atoms with Gasteiger partial charge in [-0.25, -0.2) is 8.78 Å². The zero-order chi connectivity index (χ0) is 15.4. The molecule has 6 heteroatoms. The molecule has 0 saturated heterocycles. The Hall–Kier alpha value is -1.82. The third-order valence-corrected chi connectivity index (χ3v) is 3.19. The van der Waals surface area contributed by atoms with Crippen molar-refractivity contribution in [2.75, 3.05) is 6.54 Å². The van der Waals surface area contributed by atoms with Crippen molar-refractivity contribution in [1.82, 2.24) is 10.1 Å². The minimum Gasteiger partial charge on any atom is -0.339 e. The topological polar surface area (TPSA) is 64.9 Å². The highest BCUT2D eigenvalue weighted by Crippen LogP contribution is 2.21. The lowest BCUT2D eigenvalue weighted by Crippen LogP contribution is -2.19. The predicted molar refractivity (Wildman–Crippen MR) is 75.4 cm³/mol. The number of halogens is 2. The zero-order valence-corrected chi connectivity index (χ0v) is 12.1. The molecule has 1 aromatic carbocycles. The Balaban J connectivity index is 2.13. The molecule has 21 heavy (non-hydrogen) atoms. The largest absolute Gasteiger partial charge is 0.339 e. The highest BCUT2D eigenvalue weighted by Gasteiger charge is 2.16. The van der Waals surface area contributed by atoms with Crippen LogP contribution in [0.15, 0.2) is 22.7 Å². The first-order valence-corrected chi connectivity index (χ1v) is 6.97. The standard InChI is InChI=1S/C15H19F2N3O/c1-9(2)3-10(8-18)4-14-19-15(20-21-14)11-5-12(16)7-13(17)6-11/h5-7,9-10H,3-4,8,18H2,1-2H3/t10-/m0/s1. The molecular weight excluding hydrogens is 276 g/mol. The maximum absolute atomic E-state index is 13.2. The fourth-order valence-electron chi connectivity index (χ4n) is 2.31. The first kappa shape index (κ1) is 15.6. The summed E-state index contributed by atoms with van der Waals surface area (Å²) >= 11 is 0. The van der Waals surface area contributed by atoms with E-state index in [1.807, 2.05) is 0 Å². The van der Waals surface area contributed by atoms with Gasteiger partial charge in [-0.05, 0) is 36.9 Å². The third kappa shape index (κ3) is 4.32. The first-order valence-electron chi connectivity index (χ1n) is 6.97. The molecule has 2 rings (SSSR count). The van der Waals surface area contributed by atoms with Gasteiger partial charge in [0.2, 0.25) is 11.7 Å². The van der Waals surface area contributed by atoms with Crippen molar-refractivity contribution < 1.29 is 13.3 Å². The smallest absolute Gasteiger partial charge is 0.227 e. The molecule has 0 spiro atoms. The molecule has 0 aliphatic carbocycles. The quantitative estimate of drug-likeness (QED) is 0.889. The zero-order valence-electron chi connectivity index (χ0n) is 12.1. The molecule has 0 amide bonds. The van der Waals surface area contributed by atoms with Crippen molar-refractivity contribution in [2.24, 2.45) is 17.6 Å². The maximum atomic E-state index is 13.2. The summed E-state index contributed by atoms with van der Waals surface area (Å²) in [6.45, 7) is 4.78. The van der Waals surface area contributed by atoms with Gasteiger partial charge >= 0.3 is 0 Å². The molecule has 2 N–H and O–H groups in total. The van der Waals surface area contributed by atoms with E-state index in [9.17, 15) is 8.78 Å². The molecule has 1 aromatic heterocycles. The van der Waals surface area contributed by atoms with E-state index in [0.29, 0.717) is 24.8 Å². The molecule has 0 saturated carbocycles. The minimum atomic E-state index is -0.670. The van der Waals surface area contributed by atoms with Crippen LogP contribution in [0.25, 0.3) is 11.4 Å². The molecule has 2 aromatic rings. The van der Waals surface area contributed by atoms with Crippen LogP contribution in [0.4, 0.5) is 8.78 Å². The number of nitrogens with zero attached hydrogens (tertiary/aromatic N) is 2. The monoisotopic (exact) mass is 295 g/mol. The van der Waals surface area contributed by atoms with Crippen LogP contribution in [-0.4, -0.2) is 16.7 Å². The Morgan fingerprint density at radius 3 is 2.43 bits per heavy atom. The normalized spacial score (nSPS) is 12.9. The van der Waals surface area contributed by atoms with Gasteiger partial charge in [0.25, 0.3) is 0 Å². The molecule has 0 fully saturated rings. The van der Waals surface area contributed by atoms with E-state index < -0.39 is 11.6 Å². The second-order valence-electron chi connectivity index (χ2n) is 5.61. The van der Waals surface area contributed by atoms with Crippen molar-refractivity contribution in [3.63, 3.8) is 0 Å². The Bertz CT molecular complexity index is 578. The lowest BCUT2D eigenvalue weighted by Gasteiger charge is -2.14. The molecule has 0 bridgehead atoms. The van der Waals surface area contributed by atoms with E-state index in [0.717, 1.165) is 12.5 Å². The average molecular weight is 295 g/mol. The van der Waals surface area contributed by atoms with Gasteiger partial charge in [0.1, 0.15) is 11.6 Å². The molecule has 4 nitrogen and oxygen atoms in total. The Morgan fingerprint density at radius 2 is 1.86 bits per heavy atom. The fourth-order valence-corrected chi connectivity index (χ4v) is 2.31. The summed E-state index contributed by atoms with van der Waals surface area (Å²) in [6.07, 6.45) is 1.53. The molecular formula is C15H19F2N3O. The van der Waals surface area contributed by atoms with Crippen LogP contribution in [-0.2, 0) is 6.42 Å². The van der Waals surface area contributed by atoms with E-state index in [4.69, 9.17) is 10.3 Å². The summed E-state index contributed by atoms with van der Waals surface area (Å²) in [5.74, 6) is 0.0577. The van der Waals surface area contributed by atoms with Gasteiger partial charge in [-0.2, -0.15) is 4.98 Å². The van der Waals surface area contributed by atoms with Crippen molar-refractivity contribution in [3.8, 4) is 11.4 Å². The second-order valence-corrected chi connectivity index (χ2v) is 5.61. The van der Waals surface area contributed by atoms with Crippen molar-refractivity contribution in [3.05, 3.63) is 35.7 Å². The Morgan fingerprint density at radius 1 is 1.19 bits per heavy atom. The van der Waals surface area contributed by atoms with Gasteiger partial charge < -0.3 is 10.3 Å². The molecule has 0 unspecified atom stereocenters. The molecule has 0 aliphatic heterocycles. The third-order valence-electron chi connectivity index (χ3n) is 3.19. The highest BCUT2D eigenvalue weighted by atomic mass is 19.1. The van der Waals surface area contributed by atoms with E-state index >= 15 is 0 Å². The summed E-state index contributed by atoms with van der Waals surface area (Å²) < 4.78 is 31.5. The maximum Gasteiger partial charge on any atom is 0.227 e. The number of aromatic nitrogens is 2. The predicted octanol–water partition coefficient (Wildman–Crippen LogP) is 3.18. The van der Waals surface area contributed by atoms with Crippen molar-refractivity contribution >= 4 is 0 Å². The van der Waals surface area contributed by atoms with Gasteiger partial charge in [-0.15, -0.1) is 0 Å². The van der Waals surface area contributed by atoms with E-state index in [-0.39, 0.29) is 17.3 Å². The van der Waals surface area contributed by atoms with E-state index in [1.54, 1.807) is 0 Å².